The Kier molecular flexibility index (Phi) is 4.17. The van der Waals surface area contributed by atoms with Gasteiger partial charge in [-0.3, -0.25) is 0 Å². The standard InChI is InChI=1S/C16H18N2S/c1-11-4-3-5-13(8-11)10-18-14-6-7-15(16(17)19)12(2)9-14/h3-9,18H,10H2,1-2H3,(H2,17,19). The van der Waals surface area contributed by atoms with Gasteiger partial charge in [0.2, 0.25) is 0 Å². The van der Waals surface area contributed by atoms with Crippen LogP contribution in [0.2, 0.25) is 0 Å². The molecule has 0 aliphatic heterocycles. The Bertz CT molecular complexity index is 605. The molecule has 2 aromatic carbocycles. The van der Waals surface area contributed by atoms with Gasteiger partial charge in [-0.1, -0.05) is 42.0 Å². The van der Waals surface area contributed by atoms with Crippen LogP contribution in [0.4, 0.5) is 5.69 Å². The highest BCUT2D eigenvalue weighted by Gasteiger charge is 2.02. The molecule has 0 aromatic heterocycles. The summed E-state index contributed by atoms with van der Waals surface area (Å²) >= 11 is 5.01. The molecule has 0 aliphatic carbocycles. The van der Waals surface area contributed by atoms with Gasteiger partial charge >= 0.3 is 0 Å². The number of rotatable bonds is 4. The first-order valence-electron chi connectivity index (χ1n) is 6.26. The average molecular weight is 270 g/mol. The molecule has 3 heteroatoms. The number of hydrogen-bond acceptors (Lipinski definition) is 2. The summed E-state index contributed by atoms with van der Waals surface area (Å²) in [5, 5.41) is 3.41. The lowest BCUT2D eigenvalue weighted by molar-refractivity contribution is 1.14. The zero-order valence-corrected chi connectivity index (χ0v) is 12.1. The minimum atomic E-state index is 0.447. The Balaban J connectivity index is 2.08. The van der Waals surface area contributed by atoms with E-state index in [4.69, 9.17) is 18.0 Å². The van der Waals surface area contributed by atoms with Crippen molar-refractivity contribution in [2.45, 2.75) is 20.4 Å². The van der Waals surface area contributed by atoms with Gasteiger partial charge in [0, 0.05) is 17.8 Å². The number of thiocarbonyl (C=S) groups is 1. The first-order chi connectivity index (χ1) is 9.06. The predicted octanol–water partition coefficient (Wildman–Crippen LogP) is 3.55. The molecule has 3 N–H and O–H groups in total. The number of nitrogens with one attached hydrogen (secondary N) is 1. The van der Waals surface area contributed by atoms with Crippen LogP contribution in [0.15, 0.2) is 42.5 Å². The molecule has 2 nitrogen and oxygen atoms in total. The van der Waals surface area contributed by atoms with Crippen LogP contribution in [0, 0.1) is 13.8 Å². The van der Waals surface area contributed by atoms with Crippen LogP contribution >= 0.6 is 12.2 Å². The van der Waals surface area contributed by atoms with Gasteiger partial charge in [-0.05, 0) is 43.2 Å². The predicted molar refractivity (Wildman–Crippen MR) is 85.6 cm³/mol. The van der Waals surface area contributed by atoms with E-state index < -0.39 is 0 Å². The molecular weight excluding hydrogens is 252 g/mol. The first-order valence-corrected chi connectivity index (χ1v) is 6.67. The Labute approximate surface area is 119 Å². The topological polar surface area (TPSA) is 38.0 Å². The average Bonchev–Trinajstić information content (AvgIpc) is 2.36. The van der Waals surface area contributed by atoms with Crippen LogP contribution < -0.4 is 11.1 Å². The van der Waals surface area contributed by atoms with Gasteiger partial charge in [-0.15, -0.1) is 0 Å². The maximum Gasteiger partial charge on any atom is 0.104 e. The van der Waals surface area contributed by atoms with Crippen molar-refractivity contribution in [3.05, 3.63) is 64.7 Å². The third kappa shape index (κ3) is 3.55. The quantitative estimate of drug-likeness (QED) is 0.834. The lowest BCUT2D eigenvalue weighted by atomic mass is 10.1. The molecule has 0 saturated heterocycles. The van der Waals surface area contributed by atoms with Gasteiger partial charge in [0.05, 0.1) is 0 Å². The molecule has 98 valence electrons. The van der Waals surface area contributed by atoms with Crippen LogP contribution in [0.5, 0.6) is 0 Å². The lowest BCUT2D eigenvalue weighted by Crippen LogP contribution is -2.11. The van der Waals surface area contributed by atoms with E-state index in [9.17, 15) is 0 Å². The SMILES string of the molecule is Cc1cccc(CNc2ccc(C(N)=S)c(C)c2)c1. The fourth-order valence-electron chi connectivity index (χ4n) is 2.08. The van der Waals surface area contributed by atoms with Crippen molar-refractivity contribution < 1.29 is 0 Å². The number of hydrogen-bond donors (Lipinski definition) is 2. The lowest BCUT2D eigenvalue weighted by Gasteiger charge is -2.10. The molecule has 19 heavy (non-hydrogen) atoms. The minimum Gasteiger partial charge on any atom is -0.389 e. The largest absolute Gasteiger partial charge is 0.389 e. The van der Waals surface area contributed by atoms with Crippen molar-refractivity contribution in [1.82, 2.24) is 0 Å². The summed E-state index contributed by atoms with van der Waals surface area (Å²) in [4.78, 5) is 0.447. The zero-order chi connectivity index (χ0) is 13.8. The summed E-state index contributed by atoms with van der Waals surface area (Å²) in [7, 11) is 0. The second-order valence-electron chi connectivity index (χ2n) is 4.74. The monoisotopic (exact) mass is 270 g/mol. The molecule has 2 rings (SSSR count). The van der Waals surface area contributed by atoms with E-state index in [1.807, 2.05) is 19.1 Å². The van der Waals surface area contributed by atoms with Crippen molar-refractivity contribution >= 4 is 22.9 Å². The maximum atomic E-state index is 5.66. The molecule has 0 aliphatic rings. The molecule has 0 amide bonds. The van der Waals surface area contributed by atoms with Gasteiger partial charge in [-0.2, -0.15) is 0 Å². The zero-order valence-electron chi connectivity index (χ0n) is 11.2. The minimum absolute atomic E-state index is 0.447. The molecule has 0 unspecified atom stereocenters. The Morgan fingerprint density at radius 3 is 2.58 bits per heavy atom. The number of aryl methyl sites for hydroxylation is 2. The number of nitrogens with two attached hydrogens (primary N) is 1. The summed E-state index contributed by atoms with van der Waals surface area (Å²) in [5.41, 5.74) is 11.3. The Morgan fingerprint density at radius 2 is 1.95 bits per heavy atom. The fourth-order valence-corrected chi connectivity index (χ4v) is 2.31. The number of anilines is 1. The van der Waals surface area contributed by atoms with Gasteiger partial charge in [-0.25, -0.2) is 0 Å². The van der Waals surface area contributed by atoms with Crippen LogP contribution in [-0.4, -0.2) is 4.99 Å². The number of benzene rings is 2. The van der Waals surface area contributed by atoms with Gasteiger partial charge in [0.25, 0.3) is 0 Å². The second-order valence-corrected chi connectivity index (χ2v) is 5.18. The van der Waals surface area contributed by atoms with Crippen molar-refractivity contribution in [3.63, 3.8) is 0 Å². The highest BCUT2D eigenvalue weighted by atomic mass is 32.1. The van der Waals surface area contributed by atoms with E-state index in [1.54, 1.807) is 0 Å². The van der Waals surface area contributed by atoms with Crippen molar-refractivity contribution in [2.75, 3.05) is 5.32 Å². The third-order valence-corrected chi connectivity index (χ3v) is 3.29. The van der Waals surface area contributed by atoms with E-state index in [0.29, 0.717) is 4.99 Å². The smallest absolute Gasteiger partial charge is 0.104 e. The Morgan fingerprint density at radius 1 is 1.16 bits per heavy atom. The van der Waals surface area contributed by atoms with E-state index >= 15 is 0 Å². The molecular formula is C16H18N2S. The normalized spacial score (nSPS) is 10.2. The first kappa shape index (κ1) is 13.6. The van der Waals surface area contributed by atoms with Gasteiger partial charge in [0.15, 0.2) is 0 Å². The van der Waals surface area contributed by atoms with Crippen LogP contribution in [0.1, 0.15) is 22.3 Å². The van der Waals surface area contributed by atoms with Crippen molar-refractivity contribution in [1.29, 1.82) is 0 Å². The van der Waals surface area contributed by atoms with Crippen LogP contribution in [0.3, 0.4) is 0 Å². The summed E-state index contributed by atoms with van der Waals surface area (Å²) < 4.78 is 0. The molecule has 0 atom stereocenters. The second kappa shape index (κ2) is 5.85. The highest BCUT2D eigenvalue weighted by Crippen LogP contribution is 2.16. The van der Waals surface area contributed by atoms with E-state index in [0.717, 1.165) is 23.4 Å². The van der Waals surface area contributed by atoms with Gasteiger partial charge < -0.3 is 11.1 Å². The summed E-state index contributed by atoms with van der Waals surface area (Å²) in [6, 6.07) is 14.5. The van der Waals surface area contributed by atoms with Crippen LogP contribution in [0.25, 0.3) is 0 Å². The molecule has 0 saturated carbocycles. The van der Waals surface area contributed by atoms with Gasteiger partial charge in [0.1, 0.15) is 4.99 Å². The summed E-state index contributed by atoms with van der Waals surface area (Å²) in [6.45, 7) is 4.94. The third-order valence-electron chi connectivity index (χ3n) is 3.07. The van der Waals surface area contributed by atoms with Crippen molar-refractivity contribution in [2.24, 2.45) is 5.73 Å². The van der Waals surface area contributed by atoms with E-state index in [1.165, 1.54) is 11.1 Å². The molecule has 2 aromatic rings. The maximum absolute atomic E-state index is 5.66. The Hall–Kier alpha value is -1.87. The molecule has 0 bridgehead atoms. The molecule has 0 heterocycles. The molecule has 0 fully saturated rings. The summed E-state index contributed by atoms with van der Waals surface area (Å²) in [6.07, 6.45) is 0. The highest BCUT2D eigenvalue weighted by molar-refractivity contribution is 7.80. The van der Waals surface area contributed by atoms with Crippen LogP contribution in [-0.2, 0) is 6.54 Å². The van der Waals surface area contributed by atoms with E-state index in [-0.39, 0.29) is 0 Å². The molecule has 0 radical (unpaired) electrons. The van der Waals surface area contributed by atoms with E-state index in [2.05, 4.69) is 42.6 Å². The summed E-state index contributed by atoms with van der Waals surface area (Å²) in [5.74, 6) is 0. The molecule has 0 spiro atoms. The van der Waals surface area contributed by atoms with Crippen molar-refractivity contribution in [3.8, 4) is 0 Å². The fraction of sp³-hybridized carbons (Fsp3) is 0.188.